The third kappa shape index (κ3) is 39.7. The largest absolute Gasteiger partial charge is 0.472 e. The number of allylic oxidation sites excluding steroid dienone is 8. The van der Waals surface area contributed by atoms with Gasteiger partial charge in [0, 0.05) is 12.8 Å². The molecule has 0 fully saturated rings. The molecule has 2 atom stereocenters. The van der Waals surface area contributed by atoms with Crippen LogP contribution in [-0.2, 0) is 32.7 Å². The van der Waals surface area contributed by atoms with E-state index in [9.17, 15) is 19.0 Å². The number of phosphoric acid groups is 1. The zero-order valence-electron chi connectivity index (χ0n) is 35.2. The van der Waals surface area contributed by atoms with Crippen molar-refractivity contribution in [2.75, 3.05) is 47.5 Å². The minimum atomic E-state index is -4.39. The van der Waals surface area contributed by atoms with Gasteiger partial charge in [0.2, 0.25) is 0 Å². The minimum Gasteiger partial charge on any atom is -0.462 e. The molecule has 0 heterocycles. The summed E-state index contributed by atoms with van der Waals surface area (Å²) in [5.41, 5.74) is 0. The maximum absolute atomic E-state index is 12.6. The Bertz CT molecular complexity index is 1070. The van der Waals surface area contributed by atoms with Crippen molar-refractivity contribution in [1.29, 1.82) is 0 Å². The molecule has 0 aliphatic carbocycles. The van der Waals surface area contributed by atoms with E-state index >= 15 is 0 Å². The first kappa shape index (κ1) is 52.0. The monoisotopic (exact) mass is 783 g/mol. The molecule has 0 amide bonds. The molecule has 0 spiro atoms. The molecular weight excluding hydrogens is 701 g/mol. The first-order chi connectivity index (χ1) is 26.0. The van der Waals surface area contributed by atoms with E-state index in [1.165, 1.54) is 70.6 Å². The highest BCUT2D eigenvalue weighted by Crippen LogP contribution is 2.43. The highest BCUT2D eigenvalue weighted by Gasteiger charge is 2.27. The molecule has 0 aromatic rings. The van der Waals surface area contributed by atoms with Crippen LogP contribution < -0.4 is 0 Å². The molecular formula is C44H81NO8P+. The maximum Gasteiger partial charge on any atom is 0.472 e. The highest BCUT2D eigenvalue weighted by atomic mass is 31.2. The summed E-state index contributed by atoms with van der Waals surface area (Å²) < 4.78 is 34.2. The number of carbonyl (C=O) groups is 2. The number of esters is 2. The Morgan fingerprint density at radius 3 is 1.57 bits per heavy atom. The van der Waals surface area contributed by atoms with Crippen LogP contribution in [0.25, 0.3) is 0 Å². The van der Waals surface area contributed by atoms with Gasteiger partial charge >= 0.3 is 19.8 Å². The van der Waals surface area contributed by atoms with Gasteiger partial charge in [0.1, 0.15) is 19.8 Å². The van der Waals surface area contributed by atoms with Gasteiger partial charge in [0.25, 0.3) is 0 Å². The summed E-state index contributed by atoms with van der Waals surface area (Å²) in [6.45, 7) is 4.32. The van der Waals surface area contributed by atoms with Gasteiger partial charge in [0.05, 0.1) is 27.7 Å². The van der Waals surface area contributed by atoms with Gasteiger partial charge < -0.3 is 18.9 Å². The van der Waals surface area contributed by atoms with Crippen LogP contribution >= 0.6 is 7.82 Å². The van der Waals surface area contributed by atoms with Gasteiger partial charge in [-0.15, -0.1) is 0 Å². The van der Waals surface area contributed by atoms with Gasteiger partial charge in [-0.3, -0.25) is 18.6 Å². The molecule has 0 bridgehead atoms. The van der Waals surface area contributed by atoms with Crippen LogP contribution in [0.5, 0.6) is 0 Å². The fourth-order valence-electron chi connectivity index (χ4n) is 5.43. The zero-order chi connectivity index (χ0) is 40.0. The average molecular weight is 783 g/mol. The predicted octanol–water partition coefficient (Wildman–Crippen LogP) is 11.9. The summed E-state index contributed by atoms with van der Waals surface area (Å²) in [4.78, 5) is 35.3. The lowest BCUT2D eigenvalue weighted by Crippen LogP contribution is -2.37. The van der Waals surface area contributed by atoms with Gasteiger partial charge in [-0.25, -0.2) is 4.57 Å². The zero-order valence-corrected chi connectivity index (χ0v) is 36.1. The summed E-state index contributed by atoms with van der Waals surface area (Å²) in [5, 5.41) is 0. The van der Waals surface area contributed by atoms with Gasteiger partial charge in [-0.2, -0.15) is 0 Å². The summed E-state index contributed by atoms with van der Waals surface area (Å²) in [5.74, 6) is -0.873. The molecule has 314 valence electrons. The molecule has 0 radical (unpaired) electrons. The molecule has 54 heavy (non-hydrogen) atoms. The Morgan fingerprint density at radius 2 is 1.02 bits per heavy atom. The van der Waals surface area contributed by atoms with Crippen LogP contribution in [0.2, 0.25) is 0 Å². The first-order valence-electron chi connectivity index (χ1n) is 21.4. The molecule has 0 rings (SSSR count). The fraction of sp³-hybridized carbons (Fsp3) is 0.773. The Morgan fingerprint density at radius 1 is 0.574 bits per heavy atom. The van der Waals surface area contributed by atoms with E-state index in [-0.39, 0.29) is 26.1 Å². The standard InChI is InChI=1S/C44H80NO8P/c1-6-8-10-12-14-16-18-20-21-22-23-25-27-29-31-33-35-37-44(47)53-42(41-52-54(48,49)51-39-38-45(3,4)5)40-50-43(46)36-34-32-30-28-26-24-19-17-15-13-11-9-7-2/h17,19-21,23,25,29,31,42H,6-16,18,22,24,26-28,30,32-41H2,1-5H3/p+1/b19-17+,21-20+,25-23+,31-29+/t42-/m1/s1. The smallest absolute Gasteiger partial charge is 0.462 e. The van der Waals surface area contributed by atoms with Crippen molar-refractivity contribution in [3.05, 3.63) is 48.6 Å². The molecule has 0 aromatic carbocycles. The van der Waals surface area contributed by atoms with Crippen LogP contribution in [0.1, 0.15) is 168 Å². The molecule has 0 aliphatic rings. The Hall–Kier alpha value is -2.03. The average Bonchev–Trinajstić information content (AvgIpc) is 3.12. The lowest BCUT2D eigenvalue weighted by atomic mass is 10.1. The fourth-order valence-corrected chi connectivity index (χ4v) is 6.18. The molecule has 10 heteroatoms. The summed E-state index contributed by atoms with van der Waals surface area (Å²) in [6.07, 6.45) is 41.7. The van der Waals surface area contributed by atoms with Crippen molar-refractivity contribution in [3.63, 3.8) is 0 Å². The van der Waals surface area contributed by atoms with Crippen molar-refractivity contribution >= 4 is 19.8 Å². The van der Waals surface area contributed by atoms with Crippen molar-refractivity contribution < 1.29 is 42.1 Å². The Balaban J connectivity index is 4.49. The maximum atomic E-state index is 12.6. The van der Waals surface area contributed by atoms with E-state index in [1.807, 2.05) is 21.1 Å². The highest BCUT2D eigenvalue weighted by molar-refractivity contribution is 7.47. The van der Waals surface area contributed by atoms with Crippen molar-refractivity contribution in [3.8, 4) is 0 Å². The minimum absolute atomic E-state index is 0.0200. The second-order valence-electron chi connectivity index (χ2n) is 15.4. The molecule has 0 saturated heterocycles. The lowest BCUT2D eigenvalue weighted by molar-refractivity contribution is -0.870. The van der Waals surface area contributed by atoms with E-state index in [4.69, 9.17) is 18.5 Å². The van der Waals surface area contributed by atoms with E-state index < -0.39 is 32.5 Å². The van der Waals surface area contributed by atoms with Gasteiger partial charge in [0.15, 0.2) is 6.10 Å². The van der Waals surface area contributed by atoms with E-state index in [0.29, 0.717) is 17.4 Å². The Labute approximate surface area is 331 Å². The second kappa shape index (κ2) is 36.6. The van der Waals surface area contributed by atoms with E-state index in [0.717, 1.165) is 64.2 Å². The lowest BCUT2D eigenvalue weighted by Gasteiger charge is -2.24. The van der Waals surface area contributed by atoms with E-state index in [2.05, 4.69) is 62.5 Å². The van der Waals surface area contributed by atoms with Crippen molar-refractivity contribution in [1.82, 2.24) is 0 Å². The van der Waals surface area contributed by atoms with Crippen LogP contribution in [0.15, 0.2) is 48.6 Å². The summed E-state index contributed by atoms with van der Waals surface area (Å²) in [6, 6.07) is 0. The quantitative estimate of drug-likeness (QED) is 0.0217. The van der Waals surface area contributed by atoms with Crippen LogP contribution in [0.4, 0.5) is 0 Å². The first-order valence-corrected chi connectivity index (χ1v) is 22.9. The number of hydrogen-bond donors (Lipinski definition) is 1. The summed E-state index contributed by atoms with van der Waals surface area (Å²) >= 11 is 0. The van der Waals surface area contributed by atoms with Crippen LogP contribution in [0.3, 0.4) is 0 Å². The van der Waals surface area contributed by atoms with E-state index in [1.54, 1.807) is 0 Å². The van der Waals surface area contributed by atoms with Crippen molar-refractivity contribution in [2.45, 2.75) is 174 Å². The third-order valence-corrected chi connectivity index (χ3v) is 9.82. The third-order valence-electron chi connectivity index (χ3n) is 8.83. The number of phosphoric ester groups is 1. The number of nitrogens with zero attached hydrogens (tertiary/aromatic N) is 1. The molecule has 0 saturated carbocycles. The molecule has 9 nitrogen and oxygen atoms in total. The summed E-state index contributed by atoms with van der Waals surface area (Å²) in [7, 11) is 1.44. The van der Waals surface area contributed by atoms with Gasteiger partial charge in [-0.05, 0) is 70.6 Å². The number of carbonyl (C=O) groups excluding carboxylic acids is 2. The molecule has 0 aliphatic heterocycles. The number of quaternary nitrogens is 1. The number of likely N-dealkylation sites (N-methyl/N-ethyl adjacent to an activating group) is 1. The molecule has 0 aromatic heterocycles. The number of hydrogen-bond acceptors (Lipinski definition) is 7. The van der Waals surface area contributed by atoms with Crippen molar-refractivity contribution in [2.24, 2.45) is 0 Å². The normalized spacial score (nSPS) is 14.1. The number of unbranched alkanes of at least 4 members (excludes halogenated alkanes) is 16. The second-order valence-corrected chi connectivity index (χ2v) is 16.8. The SMILES string of the molecule is CCCCCC/C=C/CCCCCCCC(=O)OC[C@H](COP(=O)(O)OCC[N+](C)(C)C)OC(=O)CCC/C=C/C/C=C/C/C=C/CCCCCCCC. The van der Waals surface area contributed by atoms with Crippen LogP contribution in [-0.4, -0.2) is 74.9 Å². The van der Waals surface area contributed by atoms with Gasteiger partial charge in [-0.1, -0.05) is 133 Å². The van der Waals surface area contributed by atoms with Crippen LogP contribution in [0, 0.1) is 0 Å². The topological polar surface area (TPSA) is 108 Å². The Kier molecular flexibility index (Phi) is 35.2. The molecule has 1 unspecified atom stereocenters. The predicted molar refractivity (Wildman–Crippen MR) is 224 cm³/mol. The number of rotatable bonds is 38. The molecule has 1 N–H and O–H groups in total. The number of ether oxygens (including phenoxy) is 2.